The Balaban J connectivity index is 1.51. The van der Waals surface area contributed by atoms with E-state index in [1.165, 1.54) is 17.1 Å². The van der Waals surface area contributed by atoms with Crippen molar-refractivity contribution in [1.82, 2.24) is 15.3 Å². The molecular weight excluding hydrogens is 328 g/mol. The summed E-state index contributed by atoms with van der Waals surface area (Å²) in [6.07, 6.45) is 6.21. The van der Waals surface area contributed by atoms with Crippen LogP contribution in [0.4, 0.5) is 5.13 Å². The molecule has 3 rings (SSSR count). The minimum absolute atomic E-state index is 0.00548. The van der Waals surface area contributed by atoms with E-state index in [1.54, 1.807) is 23.1 Å². The van der Waals surface area contributed by atoms with Crippen LogP contribution in [-0.4, -0.2) is 29.1 Å². The third-order valence-corrected chi connectivity index (χ3v) is 5.85. The highest BCUT2D eigenvalue weighted by atomic mass is 32.2. The van der Waals surface area contributed by atoms with Gasteiger partial charge in [0.2, 0.25) is 5.89 Å². The molecule has 2 aromatic rings. The lowest BCUT2D eigenvalue weighted by atomic mass is 9.94. The molecule has 1 saturated heterocycles. The standard InChI is InChI=1S/C16H24N4OS2/c1-16(2,3)12-8-18-13(21-12)10-22-14-9-19-15(23-14)20-11-5-4-6-17-7-11/h8-9,11,17H,4-7,10H2,1-3H3,(H,19,20)/t11-/m0/s1. The van der Waals surface area contributed by atoms with Crippen molar-refractivity contribution in [3.63, 3.8) is 0 Å². The summed E-state index contributed by atoms with van der Waals surface area (Å²) in [7, 11) is 0. The number of rotatable bonds is 5. The Morgan fingerprint density at radius 1 is 1.39 bits per heavy atom. The summed E-state index contributed by atoms with van der Waals surface area (Å²) in [5.74, 6) is 2.45. The van der Waals surface area contributed by atoms with Crippen LogP contribution in [0.25, 0.3) is 0 Å². The van der Waals surface area contributed by atoms with Crippen LogP contribution < -0.4 is 10.6 Å². The van der Waals surface area contributed by atoms with E-state index in [0.717, 1.165) is 35.6 Å². The number of hydrogen-bond acceptors (Lipinski definition) is 7. The number of nitrogens with one attached hydrogen (secondary N) is 2. The summed E-state index contributed by atoms with van der Waals surface area (Å²) in [5, 5.41) is 7.93. The van der Waals surface area contributed by atoms with Gasteiger partial charge >= 0.3 is 0 Å². The number of thiazole rings is 1. The summed E-state index contributed by atoms with van der Waals surface area (Å²) in [6.45, 7) is 8.54. The third-order valence-electron chi connectivity index (χ3n) is 3.74. The van der Waals surface area contributed by atoms with Crippen molar-refractivity contribution in [2.75, 3.05) is 18.4 Å². The molecule has 0 saturated carbocycles. The first-order valence-electron chi connectivity index (χ1n) is 8.02. The van der Waals surface area contributed by atoms with Crippen LogP contribution in [0, 0.1) is 0 Å². The highest BCUT2D eigenvalue weighted by molar-refractivity contribution is 8.00. The van der Waals surface area contributed by atoms with Crippen LogP contribution in [0.2, 0.25) is 0 Å². The number of oxazole rings is 1. The lowest BCUT2D eigenvalue weighted by Gasteiger charge is -2.23. The van der Waals surface area contributed by atoms with Gasteiger partial charge in [0.25, 0.3) is 0 Å². The summed E-state index contributed by atoms with van der Waals surface area (Å²) in [6, 6.07) is 0.494. The normalized spacial score (nSPS) is 19.0. The number of nitrogens with zero attached hydrogens (tertiary/aromatic N) is 2. The first kappa shape index (κ1) is 16.8. The smallest absolute Gasteiger partial charge is 0.204 e. The van der Waals surface area contributed by atoms with Gasteiger partial charge in [0.1, 0.15) is 5.76 Å². The molecule has 0 aliphatic carbocycles. The quantitative estimate of drug-likeness (QED) is 0.796. The minimum Gasteiger partial charge on any atom is -0.444 e. The van der Waals surface area contributed by atoms with Crippen molar-refractivity contribution < 1.29 is 4.42 Å². The largest absolute Gasteiger partial charge is 0.444 e. The molecule has 2 aromatic heterocycles. The number of piperidine rings is 1. The average Bonchev–Trinajstić information content (AvgIpc) is 3.15. The molecular formula is C16H24N4OS2. The molecule has 0 unspecified atom stereocenters. The average molecular weight is 353 g/mol. The Labute approximate surface area is 145 Å². The van der Waals surface area contributed by atoms with E-state index in [4.69, 9.17) is 4.42 Å². The second-order valence-corrected chi connectivity index (χ2v) is 9.14. The van der Waals surface area contributed by atoms with Crippen LogP contribution in [0.5, 0.6) is 0 Å². The lowest BCUT2D eigenvalue weighted by molar-refractivity contribution is 0.391. The number of anilines is 1. The number of thioether (sulfide) groups is 1. The summed E-state index contributed by atoms with van der Waals surface area (Å²) >= 11 is 3.43. The maximum absolute atomic E-state index is 5.83. The molecule has 1 fully saturated rings. The van der Waals surface area contributed by atoms with Crippen LogP contribution in [-0.2, 0) is 11.2 Å². The predicted molar refractivity (Wildman–Crippen MR) is 96.4 cm³/mol. The van der Waals surface area contributed by atoms with Crippen molar-refractivity contribution in [1.29, 1.82) is 0 Å². The fraction of sp³-hybridized carbons (Fsp3) is 0.625. The molecule has 0 bridgehead atoms. The predicted octanol–water partition coefficient (Wildman–Crippen LogP) is 3.88. The molecule has 0 spiro atoms. The Morgan fingerprint density at radius 3 is 2.96 bits per heavy atom. The Hall–Kier alpha value is -1.05. The van der Waals surface area contributed by atoms with Crippen molar-refractivity contribution >= 4 is 28.2 Å². The van der Waals surface area contributed by atoms with Crippen molar-refractivity contribution in [3.05, 3.63) is 24.0 Å². The zero-order valence-electron chi connectivity index (χ0n) is 13.9. The molecule has 1 atom stereocenters. The van der Waals surface area contributed by atoms with Crippen LogP contribution in [0.3, 0.4) is 0 Å². The topological polar surface area (TPSA) is 63.0 Å². The van der Waals surface area contributed by atoms with Crippen LogP contribution in [0.1, 0.15) is 45.3 Å². The van der Waals surface area contributed by atoms with Gasteiger partial charge in [0.15, 0.2) is 5.13 Å². The van der Waals surface area contributed by atoms with Crippen molar-refractivity contribution in [3.8, 4) is 0 Å². The van der Waals surface area contributed by atoms with Gasteiger partial charge in [-0.2, -0.15) is 0 Å². The van der Waals surface area contributed by atoms with Crippen LogP contribution in [0.15, 0.2) is 21.0 Å². The van der Waals surface area contributed by atoms with Crippen molar-refractivity contribution in [2.45, 2.75) is 55.0 Å². The van der Waals surface area contributed by atoms with E-state index in [1.807, 2.05) is 12.4 Å². The van der Waals surface area contributed by atoms with E-state index >= 15 is 0 Å². The minimum atomic E-state index is 0.00548. The molecule has 0 amide bonds. The molecule has 1 aliphatic heterocycles. The molecule has 2 N–H and O–H groups in total. The second-order valence-electron chi connectivity index (χ2n) is 6.83. The monoisotopic (exact) mass is 352 g/mol. The second kappa shape index (κ2) is 7.23. The zero-order chi connectivity index (χ0) is 16.3. The SMILES string of the molecule is CC(C)(C)c1cnc(CSc2cnc(N[C@H]3CCCNC3)s2)o1. The Kier molecular flexibility index (Phi) is 5.28. The van der Waals surface area contributed by atoms with Gasteiger partial charge in [0, 0.05) is 18.0 Å². The van der Waals surface area contributed by atoms with Gasteiger partial charge in [-0.05, 0) is 19.4 Å². The summed E-state index contributed by atoms with van der Waals surface area (Å²) in [4.78, 5) is 8.85. The Bertz CT molecular complexity index is 626. The molecule has 0 aromatic carbocycles. The maximum atomic E-state index is 5.83. The van der Waals surface area contributed by atoms with E-state index in [-0.39, 0.29) is 5.41 Å². The number of aromatic nitrogens is 2. The van der Waals surface area contributed by atoms with E-state index in [0.29, 0.717) is 6.04 Å². The van der Waals surface area contributed by atoms with E-state index in [9.17, 15) is 0 Å². The van der Waals surface area contributed by atoms with Gasteiger partial charge in [-0.1, -0.05) is 32.1 Å². The molecule has 23 heavy (non-hydrogen) atoms. The fourth-order valence-corrected chi connectivity index (χ4v) is 4.20. The van der Waals surface area contributed by atoms with Gasteiger partial charge in [-0.3, -0.25) is 0 Å². The number of hydrogen-bond donors (Lipinski definition) is 2. The summed E-state index contributed by atoms with van der Waals surface area (Å²) < 4.78 is 7.01. The third kappa shape index (κ3) is 4.71. The van der Waals surface area contributed by atoms with E-state index in [2.05, 4.69) is 41.4 Å². The molecule has 1 aliphatic rings. The molecule has 126 valence electrons. The van der Waals surface area contributed by atoms with E-state index < -0.39 is 0 Å². The highest BCUT2D eigenvalue weighted by Gasteiger charge is 2.19. The van der Waals surface area contributed by atoms with Gasteiger partial charge in [-0.25, -0.2) is 9.97 Å². The maximum Gasteiger partial charge on any atom is 0.204 e. The first-order chi connectivity index (χ1) is 11.0. The molecule has 7 heteroatoms. The highest BCUT2D eigenvalue weighted by Crippen LogP contribution is 2.32. The summed E-state index contributed by atoms with van der Waals surface area (Å²) in [5.41, 5.74) is 0.00548. The molecule has 0 radical (unpaired) electrons. The van der Waals surface area contributed by atoms with Gasteiger partial charge < -0.3 is 15.1 Å². The Morgan fingerprint density at radius 2 is 2.26 bits per heavy atom. The van der Waals surface area contributed by atoms with Gasteiger partial charge in [0.05, 0.1) is 22.4 Å². The van der Waals surface area contributed by atoms with Crippen LogP contribution >= 0.6 is 23.1 Å². The molecule has 5 nitrogen and oxygen atoms in total. The van der Waals surface area contributed by atoms with Gasteiger partial charge in [-0.15, -0.1) is 11.8 Å². The fourth-order valence-electron chi connectivity index (χ4n) is 2.40. The first-order valence-corrected chi connectivity index (χ1v) is 9.82. The lowest BCUT2D eigenvalue weighted by Crippen LogP contribution is -2.38. The van der Waals surface area contributed by atoms with Crippen molar-refractivity contribution in [2.24, 2.45) is 0 Å². The molecule has 3 heterocycles. The zero-order valence-corrected chi connectivity index (χ0v) is 15.5.